The standard InChI is InChI=1S/C25H41NO7/c1-6-26-10-23(11-30-2)15(27)8-16(32-4)25-13-7-12-14(31-3)9-24(29,17(13)19(12)28)18(22(25)26)20(33-5)21(23)25/h12-22,27-29H,6-11H2,1-5H3/t12-,13-,14+,15-,16+,17-,18+,19+,20+,21-,22?,23+,24-,25+/m1/s1. The molecule has 6 aliphatic rings. The maximum absolute atomic E-state index is 12.6. The largest absolute Gasteiger partial charge is 0.392 e. The van der Waals surface area contributed by atoms with Gasteiger partial charge in [0.15, 0.2) is 0 Å². The van der Waals surface area contributed by atoms with Crippen molar-refractivity contribution in [1.29, 1.82) is 0 Å². The fourth-order valence-electron chi connectivity index (χ4n) is 10.9. The first-order valence-electron chi connectivity index (χ1n) is 12.7. The van der Waals surface area contributed by atoms with Crippen LogP contribution in [0.2, 0.25) is 0 Å². The van der Waals surface area contributed by atoms with E-state index in [0.29, 0.717) is 19.4 Å². The highest BCUT2D eigenvalue weighted by Crippen LogP contribution is 2.79. The molecule has 3 N–H and O–H groups in total. The predicted octanol–water partition coefficient (Wildman–Crippen LogP) is 0.127. The number of fused-ring (bicyclic) bond motifs is 2. The molecule has 1 heterocycles. The highest BCUT2D eigenvalue weighted by atomic mass is 16.5. The van der Waals surface area contributed by atoms with Gasteiger partial charge in [0.2, 0.25) is 0 Å². The van der Waals surface area contributed by atoms with Gasteiger partial charge < -0.3 is 34.3 Å². The van der Waals surface area contributed by atoms with E-state index in [1.807, 2.05) is 0 Å². The molecular formula is C25H41NO7. The van der Waals surface area contributed by atoms with Crippen molar-refractivity contribution < 1.29 is 34.3 Å². The number of aliphatic hydroxyl groups excluding tert-OH is 2. The van der Waals surface area contributed by atoms with E-state index in [4.69, 9.17) is 18.9 Å². The molecule has 188 valence electrons. The average molecular weight is 468 g/mol. The molecule has 6 rings (SSSR count). The third-order valence-corrected chi connectivity index (χ3v) is 11.5. The van der Waals surface area contributed by atoms with E-state index in [9.17, 15) is 15.3 Å². The van der Waals surface area contributed by atoms with Gasteiger partial charge >= 0.3 is 0 Å². The summed E-state index contributed by atoms with van der Waals surface area (Å²) in [5.41, 5.74) is -1.93. The second kappa shape index (κ2) is 7.35. The maximum Gasteiger partial charge on any atom is 0.0796 e. The van der Waals surface area contributed by atoms with Crippen molar-refractivity contribution in [3.63, 3.8) is 0 Å². The zero-order valence-electron chi connectivity index (χ0n) is 20.5. The van der Waals surface area contributed by atoms with Gasteiger partial charge in [-0.3, -0.25) is 4.90 Å². The molecule has 5 aliphatic carbocycles. The summed E-state index contributed by atoms with van der Waals surface area (Å²) in [6.45, 7) is 4.14. The van der Waals surface area contributed by atoms with Gasteiger partial charge in [0, 0.05) is 88.4 Å². The molecule has 1 saturated heterocycles. The topological polar surface area (TPSA) is 101 Å². The molecule has 0 radical (unpaired) electrons. The molecule has 0 aromatic rings. The van der Waals surface area contributed by atoms with Crippen molar-refractivity contribution in [2.24, 2.45) is 40.4 Å². The van der Waals surface area contributed by atoms with Crippen LogP contribution in [0.15, 0.2) is 0 Å². The first-order chi connectivity index (χ1) is 15.8. The fraction of sp³-hybridized carbons (Fsp3) is 1.00. The van der Waals surface area contributed by atoms with Crippen molar-refractivity contribution in [3.8, 4) is 0 Å². The van der Waals surface area contributed by atoms with Crippen LogP contribution in [0.5, 0.6) is 0 Å². The summed E-state index contributed by atoms with van der Waals surface area (Å²) in [5.74, 6) is -0.369. The number of rotatable bonds is 6. The minimum atomic E-state index is -1.09. The van der Waals surface area contributed by atoms with Crippen LogP contribution in [0.25, 0.3) is 0 Å². The summed E-state index contributed by atoms with van der Waals surface area (Å²) < 4.78 is 24.3. The van der Waals surface area contributed by atoms with Gasteiger partial charge in [-0.05, 0) is 18.9 Å². The lowest BCUT2D eigenvalue weighted by Crippen LogP contribution is -2.78. The van der Waals surface area contributed by atoms with E-state index in [0.717, 1.165) is 19.5 Å². The Bertz CT molecular complexity index is 799. The lowest BCUT2D eigenvalue weighted by atomic mass is 9.42. The van der Waals surface area contributed by atoms with Gasteiger partial charge in [0.1, 0.15) is 0 Å². The number of methoxy groups -OCH3 is 4. The predicted molar refractivity (Wildman–Crippen MR) is 118 cm³/mol. The minimum absolute atomic E-state index is 0.0111. The Balaban J connectivity index is 1.65. The van der Waals surface area contributed by atoms with Gasteiger partial charge in [-0.15, -0.1) is 0 Å². The molecule has 8 nitrogen and oxygen atoms in total. The van der Waals surface area contributed by atoms with E-state index >= 15 is 0 Å². The number of aliphatic hydroxyl groups is 3. The van der Waals surface area contributed by atoms with Crippen LogP contribution < -0.4 is 0 Å². The van der Waals surface area contributed by atoms with Crippen molar-refractivity contribution >= 4 is 0 Å². The molecule has 1 spiro atoms. The number of hydrogen-bond acceptors (Lipinski definition) is 8. The minimum Gasteiger partial charge on any atom is -0.392 e. The fourth-order valence-corrected chi connectivity index (χ4v) is 10.9. The molecule has 1 aliphatic heterocycles. The highest BCUT2D eigenvalue weighted by molar-refractivity contribution is 5.36. The number of nitrogens with zero attached hydrogens (tertiary/aromatic N) is 1. The molecule has 5 saturated carbocycles. The molecule has 1 unspecified atom stereocenters. The summed E-state index contributed by atoms with van der Waals surface area (Å²) in [5, 5.41) is 35.8. The van der Waals surface area contributed by atoms with Crippen molar-refractivity contribution in [3.05, 3.63) is 0 Å². The molecule has 0 aromatic heterocycles. The van der Waals surface area contributed by atoms with Crippen molar-refractivity contribution in [2.45, 2.75) is 68.3 Å². The zero-order chi connectivity index (χ0) is 23.5. The van der Waals surface area contributed by atoms with Crippen LogP contribution in [-0.2, 0) is 18.9 Å². The third kappa shape index (κ3) is 2.32. The number of hydrogen-bond donors (Lipinski definition) is 3. The Hall–Kier alpha value is -0.320. The van der Waals surface area contributed by atoms with Crippen LogP contribution in [-0.4, -0.2) is 111 Å². The molecule has 6 fully saturated rings. The SMILES string of the molecule is CCN1C[C@]2(COC)[C@H](O)C[C@H](OC)[C@]34C1[C@H]([C@H](OC)[C@H]23)[C@@]1(O)C[C@H](OC)[C@H]2C[C@@H]4[C@@H]1[C@H]2O. The lowest BCUT2D eigenvalue weighted by molar-refractivity contribution is -0.295. The number of piperidine rings is 1. The lowest BCUT2D eigenvalue weighted by Gasteiger charge is -2.70. The second-order valence-corrected chi connectivity index (χ2v) is 11.8. The average Bonchev–Trinajstić information content (AvgIpc) is 3.20. The van der Waals surface area contributed by atoms with E-state index in [1.165, 1.54) is 0 Å². The Labute approximate surface area is 196 Å². The van der Waals surface area contributed by atoms with Crippen molar-refractivity contribution in [1.82, 2.24) is 4.90 Å². The van der Waals surface area contributed by atoms with Crippen LogP contribution in [0.3, 0.4) is 0 Å². The van der Waals surface area contributed by atoms with Crippen molar-refractivity contribution in [2.75, 3.05) is 48.1 Å². The smallest absolute Gasteiger partial charge is 0.0796 e. The molecule has 0 amide bonds. The normalized spacial score (nSPS) is 60.9. The Morgan fingerprint density at radius 3 is 2.36 bits per heavy atom. The summed E-state index contributed by atoms with van der Waals surface area (Å²) >= 11 is 0. The second-order valence-electron chi connectivity index (χ2n) is 11.8. The van der Waals surface area contributed by atoms with Gasteiger partial charge in [0.05, 0.1) is 42.7 Å². The summed E-state index contributed by atoms with van der Waals surface area (Å²) in [7, 11) is 6.91. The molecule has 8 heteroatoms. The van der Waals surface area contributed by atoms with Gasteiger partial charge in [-0.2, -0.15) is 0 Å². The Morgan fingerprint density at radius 2 is 1.76 bits per heavy atom. The van der Waals surface area contributed by atoms with Crippen LogP contribution >= 0.6 is 0 Å². The maximum atomic E-state index is 12.6. The number of likely N-dealkylation sites (tertiary alicyclic amines) is 1. The quantitative estimate of drug-likeness (QED) is 0.507. The molecular weight excluding hydrogens is 426 g/mol. The zero-order valence-corrected chi connectivity index (χ0v) is 20.5. The Morgan fingerprint density at radius 1 is 1.00 bits per heavy atom. The summed E-state index contributed by atoms with van der Waals surface area (Å²) in [4.78, 5) is 2.47. The van der Waals surface area contributed by atoms with Crippen LogP contribution in [0.4, 0.5) is 0 Å². The van der Waals surface area contributed by atoms with Gasteiger partial charge in [-0.25, -0.2) is 0 Å². The number of ether oxygens (including phenoxy) is 4. The molecule has 0 aromatic carbocycles. The highest BCUT2D eigenvalue weighted by Gasteiger charge is 2.87. The van der Waals surface area contributed by atoms with Crippen LogP contribution in [0, 0.1) is 40.4 Å². The monoisotopic (exact) mass is 467 g/mol. The molecule has 7 bridgehead atoms. The van der Waals surface area contributed by atoms with E-state index in [-0.39, 0.29) is 59.4 Å². The molecule has 14 atom stereocenters. The van der Waals surface area contributed by atoms with Gasteiger partial charge in [-0.1, -0.05) is 6.92 Å². The Kier molecular flexibility index (Phi) is 5.15. The van der Waals surface area contributed by atoms with E-state index < -0.39 is 23.2 Å². The molecule has 33 heavy (non-hydrogen) atoms. The van der Waals surface area contributed by atoms with E-state index in [2.05, 4.69) is 11.8 Å². The summed E-state index contributed by atoms with van der Waals surface area (Å²) in [6.07, 6.45) is 0.0688. The third-order valence-electron chi connectivity index (χ3n) is 11.5. The van der Waals surface area contributed by atoms with E-state index in [1.54, 1.807) is 28.4 Å². The first-order valence-corrected chi connectivity index (χ1v) is 12.7. The van der Waals surface area contributed by atoms with Gasteiger partial charge in [0.25, 0.3) is 0 Å². The van der Waals surface area contributed by atoms with Crippen LogP contribution in [0.1, 0.15) is 26.2 Å². The first kappa shape index (κ1) is 23.1. The summed E-state index contributed by atoms with van der Waals surface area (Å²) in [6, 6.07) is 0.0627.